The first-order valence-electron chi connectivity index (χ1n) is 8.03. The molecule has 7 heteroatoms. The van der Waals surface area contributed by atoms with Crippen molar-refractivity contribution in [3.05, 3.63) is 75.8 Å². The van der Waals surface area contributed by atoms with Crippen molar-refractivity contribution >= 4 is 33.8 Å². The number of hydrogen-bond donors (Lipinski definition) is 3. The summed E-state index contributed by atoms with van der Waals surface area (Å²) in [6.45, 7) is 1.94. The van der Waals surface area contributed by atoms with E-state index in [1.165, 1.54) is 0 Å². The first kappa shape index (κ1) is 15.8. The molecule has 0 radical (unpaired) electrons. The number of nitrogens with zero attached hydrogens (tertiary/aromatic N) is 2. The van der Waals surface area contributed by atoms with Crippen LogP contribution in [-0.4, -0.2) is 27.3 Å². The van der Waals surface area contributed by atoms with Gasteiger partial charge in [-0.25, -0.2) is 10.5 Å². The molecule has 7 nitrogen and oxygen atoms in total. The van der Waals surface area contributed by atoms with Crippen LogP contribution < -0.4 is 11.0 Å². The molecule has 2 aromatic heterocycles. The molecule has 2 aromatic carbocycles. The van der Waals surface area contributed by atoms with Crippen molar-refractivity contribution in [1.29, 1.82) is 0 Å². The maximum absolute atomic E-state index is 12.4. The molecule has 3 N–H and O–H groups in total. The van der Waals surface area contributed by atoms with Crippen molar-refractivity contribution in [2.75, 3.05) is 0 Å². The second-order valence-electron chi connectivity index (χ2n) is 5.86. The van der Waals surface area contributed by atoms with Crippen LogP contribution in [0.15, 0.2) is 58.4 Å². The quantitative estimate of drug-likeness (QED) is 0.392. The van der Waals surface area contributed by atoms with Gasteiger partial charge in [0.15, 0.2) is 5.69 Å². The van der Waals surface area contributed by atoms with Gasteiger partial charge in [0.05, 0.1) is 11.6 Å². The molecule has 2 heterocycles. The standard InChI is InChI=1S/C19H15N5O2/c1-11-15(12-6-4-5-9-16(12)21-11)10-20-23-19(26)17-13-7-2-3-8-14(13)18(25)24-22-17/h2-10,21H,1H3,(H,23,26)(H,24,25)/b20-10+. The number of carbonyl (C=O) groups excluding carboxylic acids is 1. The van der Waals surface area contributed by atoms with Crippen LogP contribution in [0, 0.1) is 6.92 Å². The first-order valence-corrected chi connectivity index (χ1v) is 8.03. The van der Waals surface area contributed by atoms with Crippen molar-refractivity contribution < 1.29 is 4.79 Å². The van der Waals surface area contributed by atoms with Crippen LogP contribution in [0.4, 0.5) is 0 Å². The van der Waals surface area contributed by atoms with Crippen molar-refractivity contribution in [3.8, 4) is 0 Å². The van der Waals surface area contributed by atoms with Gasteiger partial charge < -0.3 is 4.98 Å². The van der Waals surface area contributed by atoms with Crippen LogP contribution in [0.5, 0.6) is 0 Å². The van der Waals surface area contributed by atoms with E-state index in [9.17, 15) is 9.59 Å². The van der Waals surface area contributed by atoms with E-state index < -0.39 is 5.91 Å². The normalized spacial score (nSPS) is 11.4. The number of rotatable bonds is 3. The Labute approximate surface area is 147 Å². The molecule has 0 aliphatic heterocycles. The molecule has 0 saturated heterocycles. The number of aromatic amines is 2. The zero-order valence-electron chi connectivity index (χ0n) is 13.9. The smallest absolute Gasteiger partial charge is 0.292 e. The Bertz CT molecular complexity index is 1220. The number of benzene rings is 2. The number of hydrazone groups is 1. The van der Waals surface area contributed by atoms with Gasteiger partial charge in [-0.15, -0.1) is 0 Å². The molecule has 1 amide bonds. The van der Waals surface area contributed by atoms with Crippen molar-refractivity contribution in [1.82, 2.24) is 20.6 Å². The van der Waals surface area contributed by atoms with Crippen molar-refractivity contribution in [2.45, 2.75) is 6.92 Å². The Kier molecular flexibility index (Phi) is 3.81. The molecule has 0 spiro atoms. The Morgan fingerprint density at radius 3 is 2.58 bits per heavy atom. The molecule has 0 aliphatic rings. The van der Waals surface area contributed by atoms with Gasteiger partial charge in [0.1, 0.15) is 0 Å². The molecule has 26 heavy (non-hydrogen) atoms. The van der Waals surface area contributed by atoms with Crippen LogP contribution in [0.2, 0.25) is 0 Å². The summed E-state index contributed by atoms with van der Waals surface area (Å²) < 4.78 is 0. The van der Waals surface area contributed by atoms with E-state index in [-0.39, 0.29) is 11.3 Å². The minimum Gasteiger partial charge on any atom is -0.358 e. The summed E-state index contributed by atoms with van der Waals surface area (Å²) in [4.78, 5) is 27.5. The highest BCUT2D eigenvalue weighted by atomic mass is 16.2. The molecule has 128 valence electrons. The molecule has 0 fully saturated rings. The molecule has 0 aliphatic carbocycles. The summed E-state index contributed by atoms with van der Waals surface area (Å²) in [5.41, 5.74) is 5.12. The lowest BCUT2D eigenvalue weighted by Gasteiger charge is -2.03. The first-order chi connectivity index (χ1) is 12.6. The number of aryl methyl sites for hydroxylation is 1. The van der Waals surface area contributed by atoms with Crippen LogP contribution >= 0.6 is 0 Å². The lowest BCUT2D eigenvalue weighted by Crippen LogP contribution is -2.22. The Morgan fingerprint density at radius 2 is 1.77 bits per heavy atom. The third-order valence-electron chi connectivity index (χ3n) is 4.21. The Morgan fingerprint density at radius 1 is 1.08 bits per heavy atom. The van der Waals surface area contributed by atoms with E-state index in [2.05, 4.69) is 25.7 Å². The van der Waals surface area contributed by atoms with Crippen LogP contribution in [0.25, 0.3) is 21.7 Å². The fourth-order valence-electron chi connectivity index (χ4n) is 2.96. The van der Waals surface area contributed by atoms with E-state index in [4.69, 9.17) is 0 Å². The highest BCUT2D eigenvalue weighted by molar-refractivity contribution is 6.05. The highest BCUT2D eigenvalue weighted by Gasteiger charge is 2.13. The molecule has 0 bridgehead atoms. The molecule has 0 unspecified atom stereocenters. The average molecular weight is 345 g/mol. The number of nitrogens with one attached hydrogen (secondary N) is 3. The van der Waals surface area contributed by atoms with Crippen LogP contribution in [0.1, 0.15) is 21.7 Å². The van der Waals surface area contributed by atoms with Gasteiger partial charge >= 0.3 is 0 Å². The molecule has 0 saturated carbocycles. The van der Waals surface area contributed by atoms with Gasteiger partial charge in [-0.05, 0) is 19.1 Å². The molecule has 4 aromatic rings. The minimum atomic E-state index is -0.494. The molecular weight excluding hydrogens is 330 g/mol. The van der Waals surface area contributed by atoms with Gasteiger partial charge in [-0.3, -0.25) is 9.59 Å². The van der Waals surface area contributed by atoms with E-state index in [0.29, 0.717) is 10.8 Å². The zero-order chi connectivity index (χ0) is 18.1. The van der Waals surface area contributed by atoms with E-state index in [0.717, 1.165) is 22.2 Å². The van der Waals surface area contributed by atoms with Crippen molar-refractivity contribution in [2.24, 2.45) is 5.10 Å². The predicted octanol–water partition coefficient (Wildman–Crippen LogP) is 2.48. The summed E-state index contributed by atoms with van der Waals surface area (Å²) in [6, 6.07) is 14.7. The minimum absolute atomic E-state index is 0.119. The van der Waals surface area contributed by atoms with Gasteiger partial charge in [-0.1, -0.05) is 36.4 Å². The number of para-hydroxylation sites is 1. The topological polar surface area (TPSA) is 103 Å². The highest BCUT2D eigenvalue weighted by Crippen LogP contribution is 2.19. The number of H-pyrrole nitrogens is 2. The van der Waals surface area contributed by atoms with Gasteiger partial charge in [0.2, 0.25) is 0 Å². The lowest BCUT2D eigenvalue weighted by atomic mass is 10.1. The van der Waals surface area contributed by atoms with Crippen LogP contribution in [-0.2, 0) is 0 Å². The molecule has 0 atom stereocenters. The third-order valence-corrected chi connectivity index (χ3v) is 4.21. The summed E-state index contributed by atoms with van der Waals surface area (Å²) in [5, 5.41) is 12.2. The fourth-order valence-corrected chi connectivity index (χ4v) is 2.96. The number of aromatic nitrogens is 3. The molecule has 4 rings (SSSR count). The van der Waals surface area contributed by atoms with Gasteiger partial charge in [-0.2, -0.15) is 10.2 Å². The summed E-state index contributed by atoms with van der Waals surface area (Å²) in [5.74, 6) is -0.494. The lowest BCUT2D eigenvalue weighted by molar-refractivity contribution is 0.0951. The average Bonchev–Trinajstić information content (AvgIpc) is 2.98. The summed E-state index contributed by atoms with van der Waals surface area (Å²) >= 11 is 0. The van der Waals surface area contributed by atoms with Crippen molar-refractivity contribution in [3.63, 3.8) is 0 Å². The fraction of sp³-hybridized carbons (Fsp3) is 0.0526. The van der Waals surface area contributed by atoms with Gasteiger partial charge in [0, 0.05) is 27.5 Å². The Balaban J connectivity index is 1.63. The van der Waals surface area contributed by atoms with E-state index >= 15 is 0 Å². The number of hydrogen-bond acceptors (Lipinski definition) is 4. The van der Waals surface area contributed by atoms with Crippen LogP contribution in [0.3, 0.4) is 0 Å². The maximum Gasteiger partial charge on any atom is 0.292 e. The maximum atomic E-state index is 12.4. The largest absolute Gasteiger partial charge is 0.358 e. The Hall–Kier alpha value is -3.74. The number of carbonyl (C=O) groups is 1. The molecular formula is C19H15N5O2. The van der Waals surface area contributed by atoms with Gasteiger partial charge in [0.25, 0.3) is 11.5 Å². The van der Waals surface area contributed by atoms with E-state index in [1.54, 1.807) is 30.5 Å². The third kappa shape index (κ3) is 2.65. The zero-order valence-corrected chi connectivity index (χ0v) is 13.9. The van der Waals surface area contributed by atoms with E-state index in [1.807, 2.05) is 31.2 Å². The number of amides is 1. The predicted molar refractivity (Wildman–Crippen MR) is 100 cm³/mol. The SMILES string of the molecule is Cc1[nH]c2ccccc2c1/C=N/NC(=O)c1n[nH]c(=O)c2ccccc12. The number of fused-ring (bicyclic) bond motifs is 2. The second kappa shape index (κ2) is 6.29. The second-order valence-corrected chi connectivity index (χ2v) is 5.86. The summed E-state index contributed by atoms with van der Waals surface area (Å²) in [6.07, 6.45) is 1.60. The summed E-state index contributed by atoms with van der Waals surface area (Å²) in [7, 11) is 0. The monoisotopic (exact) mass is 345 g/mol.